The smallest absolute Gasteiger partial charge is 0.227 e. The number of aryl methyl sites for hydroxylation is 2. The first-order valence-electron chi connectivity index (χ1n) is 8.39. The molecule has 1 atom stereocenters. The number of nitrogens with zero attached hydrogens (tertiary/aromatic N) is 1. The highest BCUT2D eigenvalue weighted by Crippen LogP contribution is 2.27. The topological polar surface area (TPSA) is 67.6 Å². The Kier molecular flexibility index (Phi) is 4.73. The molecule has 6 heteroatoms. The van der Waals surface area contributed by atoms with E-state index in [0.29, 0.717) is 13.0 Å². The predicted octanol–water partition coefficient (Wildman–Crippen LogP) is 2.79. The SMILES string of the molecule is C=CCN(C(=O)Cc1coc2c(C)c(C)ccc12)[C@H]1CCS(=O)(=O)C1. The standard InChI is InChI=1S/C19H23NO4S/c1-4-8-20(16-7-9-25(22,23)12-16)18(21)10-15-11-24-19-14(3)13(2)5-6-17(15)19/h4-6,11,16H,1,7-10,12H2,2-3H3/t16-/m0/s1. The Morgan fingerprint density at radius 1 is 1.40 bits per heavy atom. The summed E-state index contributed by atoms with van der Waals surface area (Å²) in [6.45, 7) is 8.07. The van der Waals surface area contributed by atoms with Gasteiger partial charge in [-0.2, -0.15) is 0 Å². The average Bonchev–Trinajstić information content (AvgIpc) is 3.12. The molecule has 1 aliphatic heterocycles. The molecular weight excluding hydrogens is 338 g/mol. The van der Waals surface area contributed by atoms with E-state index in [9.17, 15) is 13.2 Å². The van der Waals surface area contributed by atoms with Crippen LogP contribution in [-0.4, -0.2) is 43.3 Å². The van der Waals surface area contributed by atoms with E-state index in [2.05, 4.69) is 6.58 Å². The number of carbonyl (C=O) groups is 1. The van der Waals surface area contributed by atoms with E-state index in [-0.39, 0.29) is 29.9 Å². The van der Waals surface area contributed by atoms with Crippen molar-refractivity contribution < 1.29 is 17.6 Å². The number of hydrogen-bond donors (Lipinski definition) is 0. The second-order valence-corrected chi connectivity index (χ2v) is 8.94. The van der Waals surface area contributed by atoms with Crippen molar-refractivity contribution in [2.45, 2.75) is 32.7 Å². The van der Waals surface area contributed by atoms with Crippen molar-refractivity contribution in [3.8, 4) is 0 Å². The Balaban J connectivity index is 1.85. The van der Waals surface area contributed by atoms with Crippen molar-refractivity contribution in [1.29, 1.82) is 0 Å². The van der Waals surface area contributed by atoms with Crippen molar-refractivity contribution in [3.63, 3.8) is 0 Å². The molecule has 1 saturated heterocycles. The Hall–Kier alpha value is -2.08. The summed E-state index contributed by atoms with van der Waals surface area (Å²) < 4.78 is 29.2. The molecule has 0 bridgehead atoms. The molecule has 3 rings (SSSR count). The van der Waals surface area contributed by atoms with E-state index < -0.39 is 9.84 Å². The summed E-state index contributed by atoms with van der Waals surface area (Å²) in [4.78, 5) is 14.5. The Morgan fingerprint density at radius 2 is 2.16 bits per heavy atom. The highest BCUT2D eigenvalue weighted by Gasteiger charge is 2.34. The summed E-state index contributed by atoms with van der Waals surface area (Å²) >= 11 is 0. The van der Waals surface area contributed by atoms with Crippen LogP contribution in [0.2, 0.25) is 0 Å². The molecular formula is C19H23NO4S. The minimum Gasteiger partial charge on any atom is -0.464 e. The lowest BCUT2D eigenvalue weighted by Crippen LogP contribution is -2.42. The Bertz CT molecular complexity index is 926. The molecule has 1 aliphatic rings. The lowest BCUT2D eigenvalue weighted by atomic mass is 10.0. The molecule has 1 aromatic carbocycles. The number of rotatable bonds is 5. The minimum atomic E-state index is -3.05. The molecule has 1 fully saturated rings. The van der Waals surface area contributed by atoms with E-state index in [0.717, 1.165) is 27.7 Å². The first-order valence-corrected chi connectivity index (χ1v) is 10.2. The molecule has 5 nitrogen and oxygen atoms in total. The van der Waals surface area contributed by atoms with Crippen molar-refractivity contribution in [1.82, 2.24) is 4.90 Å². The molecule has 134 valence electrons. The fourth-order valence-corrected chi connectivity index (χ4v) is 5.14. The second kappa shape index (κ2) is 6.67. The zero-order chi connectivity index (χ0) is 18.2. The van der Waals surface area contributed by atoms with Crippen LogP contribution in [0.1, 0.15) is 23.1 Å². The molecule has 0 unspecified atom stereocenters. The number of benzene rings is 1. The van der Waals surface area contributed by atoms with E-state index in [1.165, 1.54) is 0 Å². The van der Waals surface area contributed by atoms with E-state index in [4.69, 9.17) is 4.42 Å². The molecule has 2 aromatic rings. The lowest BCUT2D eigenvalue weighted by molar-refractivity contribution is -0.131. The maximum atomic E-state index is 12.8. The van der Waals surface area contributed by atoms with E-state index >= 15 is 0 Å². The summed E-state index contributed by atoms with van der Waals surface area (Å²) in [5, 5.41) is 0.939. The van der Waals surface area contributed by atoms with Gasteiger partial charge in [0.05, 0.1) is 24.2 Å². The van der Waals surface area contributed by atoms with Crippen molar-refractivity contribution in [3.05, 3.63) is 47.7 Å². The van der Waals surface area contributed by atoms with Crippen LogP contribution in [0, 0.1) is 13.8 Å². The highest BCUT2D eigenvalue weighted by molar-refractivity contribution is 7.91. The molecule has 1 aromatic heterocycles. The van der Waals surface area contributed by atoms with E-state index in [1.54, 1.807) is 17.2 Å². The number of fused-ring (bicyclic) bond motifs is 1. The molecule has 1 amide bonds. The summed E-state index contributed by atoms with van der Waals surface area (Å²) in [5.74, 6) is 0.0887. The van der Waals surface area contributed by atoms with Gasteiger partial charge in [-0.3, -0.25) is 4.79 Å². The van der Waals surface area contributed by atoms with Gasteiger partial charge in [0.15, 0.2) is 9.84 Å². The molecule has 0 spiro atoms. The molecule has 2 heterocycles. The maximum absolute atomic E-state index is 12.8. The number of sulfone groups is 1. The summed E-state index contributed by atoms with van der Waals surface area (Å²) in [6, 6.07) is 3.73. The highest BCUT2D eigenvalue weighted by atomic mass is 32.2. The van der Waals surface area contributed by atoms with Gasteiger partial charge in [-0.1, -0.05) is 18.2 Å². The molecule has 25 heavy (non-hydrogen) atoms. The van der Waals surface area contributed by atoms with Gasteiger partial charge in [0.1, 0.15) is 5.58 Å². The predicted molar refractivity (Wildman–Crippen MR) is 98.4 cm³/mol. The second-order valence-electron chi connectivity index (χ2n) is 6.71. The van der Waals surface area contributed by atoms with Crippen LogP contribution >= 0.6 is 0 Å². The van der Waals surface area contributed by atoms with Gasteiger partial charge in [0.25, 0.3) is 0 Å². The fourth-order valence-electron chi connectivity index (χ4n) is 3.40. The molecule has 0 saturated carbocycles. The monoisotopic (exact) mass is 361 g/mol. The van der Waals surface area contributed by atoms with Crippen LogP contribution in [0.5, 0.6) is 0 Å². The van der Waals surface area contributed by atoms with Gasteiger partial charge in [-0.25, -0.2) is 8.42 Å². The third-order valence-corrected chi connectivity index (χ3v) is 6.73. The molecule has 0 N–H and O–H groups in total. The van der Waals surface area contributed by atoms with Crippen molar-refractivity contribution in [2.24, 2.45) is 0 Å². The largest absolute Gasteiger partial charge is 0.464 e. The number of furan rings is 1. The zero-order valence-corrected chi connectivity index (χ0v) is 15.4. The normalized spacial score (nSPS) is 19.2. The van der Waals surface area contributed by atoms with Crippen molar-refractivity contribution in [2.75, 3.05) is 18.1 Å². The summed E-state index contributed by atoms with van der Waals surface area (Å²) in [6.07, 6.45) is 3.96. The van der Waals surface area contributed by atoms with Crippen LogP contribution in [0.3, 0.4) is 0 Å². The van der Waals surface area contributed by atoms with Crippen LogP contribution in [0.25, 0.3) is 11.0 Å². The van der Waals surface area contributed by atoms with Gasteiger partial charge >= 0.3 is 0 Å². The fraction of sp³-hybridized carbons (Fsp3) is 0.421. The summed E-state index contributed by atoms with van der Waals surface area (Å²) in [5.41, 5.74) is 3.85. The zero-order valence-electron chi connectivity index (χ0n) is 14.6. The van der Waals surface area contributed by atoms with Gasteiger partial charge in [-0.15, -0.1) is 6.58 Å². The third-order valence-electron chi connectivity index (χ3n) is 4.98. The van der Waals surface area contributed by atoms with Gasteiger partial charge in [0.2, 0.25) is 5.91 Å². The number of carbonyl (C=O) groups excluding carboxylic acids is 1. The number of hydrogen-bond acceptors (Lipinski definition) is 4. The van der Waals surface area contributed by atoms with Gasteiger partial charge in [0, 0.05) is 23.5 Å². The maximum Gasteiger partial charge on any atom is 0.227 e. The first-order chi connectivity index (χ1) is 11.8. The van der Waals surface area contributed by atoms with Crippen LogP contribution in [0.4, 0.5) is 0 Å². The third kappa shape index (κ3) is 3.49. The van der Waals surface area contributed by atoms with Crippen molar-refractivity contribution >= 4 is 26.7 Å². The van der Waals surface area contributed by atoms with Gasteiger partial charge in [-0.05, 0) is 31.4 Å². The lowest BCUT2D eigenvalue weighted by Gasteiger charge is -2.27. The minimum absolute atomic E-state index is 0.0387. The van der Waals surface area contributed by atoms with Gasteiger partial charge < -0.3 is 9.32 Å². The molecule has 0 radical (unpaired) electrons. The Morgan fingerprint density at radius 3 is 2.80 bits per heavy atom. The first kappa shape index (κ1) is 17.7. The average molecular weight is 361 g/mol. The van der Waals surface area contributed by atoms with E-state index in [1.807, 2.05) is 26.0 Å². The number of amides is 1. The Labute approximate surface area is 148 Å². The molecule has 0 aliphatic carbocycles. The quantitative estimate of drug-likeness (QED) is 0.768. The van der Waals surface area contributed by atoms with Crippen LogP contribution in [-0.2, 0) is 21.1 Å². The van der Waals surface area contributed by atoms with Crippen LogP contribution < -0.4 is 0 Å². The van der Waals surface area contributed by atoms with Crippen LogP contribution in [0.15, 0.2) is 35.5 Å². The summed E-state index contributed by atoms with van der Waals surface area (Å²) in [7, 11) is -3.05.